The van der Waals surface area contributed by atoms with Crippen molar-refractivity contribution in [2.24, 2.45) is 5.92 Å². The molecule has 2 aromatic rings. The van der Waals surface area contributed by atoms with Gasteiger partial charge in [0.25, 0.3) is 0 Å². The van der Waals surface area contributed by atoms with E-state index in [-0.39, 0.29) is 0 Å². The Morgan fingerprint density at radius 1 is 1.20 bits per heavy atom. The molecule has 3 rings (SSSR count). The van der Waals surface area contributed by atoms with E-state index in [1.54, 1.807) is 18.5 Å². The number of hydrogen-bond acceptors (Lipinski definition) is 5. The first kappa shape index (κ1) is 13.1. The first-order chi connectivity index (χ1) is 9.78. The molecule has 0 saturated carbocycles. The minimum absolute atomic E-state index is 0.607. The van der Waals surface area contributed by atoms with Crippen molar-refractivity contribution < 1.29 is 0 Å². The van der Waals surface area contributed by atoms with Crippen LogP contribution in [0.25, 0.3) is 11.6 Å². The van der Waals surface area contributed by atoms with Crippen LogP contribution in [0.15, 0.2) is 18.5 Å². The molecule has 5 heteroatoms. The van der Waals surface area contributed by atoms with Gasteiger partial charge < -0.3 is 5.32 Å². The zero-order chi connectivity index (χ0) is 13.9. The molecule has 0 aliphatic heterocycles. The Hall–Kier alpha value is -1.88. The second kappa shape index (κ2) is 5.63. The van der Waals surface area contributed by atoms with Gasteiger partial charge in [-0.25, -0.2) is 19.9 Å². The summed E-state index contributed by atoms with van der Waals surface area (Å²) >= 11 is 0. The van der Waals surface area contributed by atoms with Crippen LogP contribution in [-0.4, -0.2) is 33.5 Å². The van der Waals surface area contributed by atoms with Crippen molar-refractivity contribution in [2.45, 2.75) is 26.2 Å². The summed E-state index contributed by atoms with van der Waals surface area (Å²) in [5.41, 5.74) is 3.56. The summed E-state index contributed by atoms with van der Waals surface area (Å²) in [4.78, 5) is 17.8. The van der Waals surface area contributed by atoms with Crippen LogP contribution in [0, 0.1) is 12.8 Å². The maximum Gasteiger partial charge on any atom is 0.198 e. The number of aryl methyl sites for hydroxylation is 2. The number of rotatable bonds is 3. The summed E-state index contributed by atoms with van der Waals surface area (Å²) in [6, 6.07) is 1.80. The van der Waals surface area contributed by atoms with Gasteiger partial charge in [0.05, 0.1) is 0 Å². The van der Waals surface area contributed by atoms with E-state index in [1.807, 2.05) is 7.05 Å². The second-order valence-corrected chi connectivity index (χ2v) is 5.30. The van der Waals surface area contributed by atoms with Gasteiger partial charge in [-0.2, -0.15) is 0 Å². The molecule has 104 valence electrons. The predicted molar refractivity (Wildman–Crippen MR) is 77.2 cm³/mol. The number of aromatic nitrogens is 4. The molecule has 2 aromatic heterocycles. The smallest absolute Gasteiger partial charge is 0.198 e. The van der Waals surface area contributed by atoms with E-state index >= 15 is 0 Å². The van der Waals surface area contributed by atoms with Crippen LogP contribution < -0.4 is 5.32 Å². The largest absolute Gasteiger partial charge is 0.319 e. The van der Waals surface area contributed by atoms with E-state index in [1.165, 1.54) is 17.7 Å². The SMILES string of the molecule is CNCC1CCc2nc(-c3ncccn3)nc(C)c2C1. The highest BCUT2D eigenvalue weighted by Crippen LogP contribution is 2.27. The Morgan fingerprint density at radius 3 is 2.75 bits per heavy atom. The van der Waals surface area contributed by atoms with E-state index in [4.69, 9.17) is 0 Å². The van der Waals surface area contributed by atoms with Gasteiger partial charge in [0.2, 0.25) is 0 Å². The zero-order valence-corrected chi connectivity index (χ0v) is 11.9. The van der Waals surface area contributed by atoms with Gasteiger partial charge in [-0.15, -0.1) is 0 Å². The molecule has 0 aromatic carbocycles. The van der Waals surface area contributed by atoms with Crippen molar-refractivity contribution in [1.29, 1.82) is 0 Å². The molecule has 1 aliphatic rings. The topological polar surface area (TPSA) is 63.6 Å². The summed E-state index contributed by atoms with van der Waals surface area (Å²) in [5, 5.41) is 3.26. The molecule has 0 saturated heterocycles. The van der Waals surface area contributed by atoms with E-state index < -0.39 is 0 Å². The first-order valence-electron chi connectivity index (χ1n) is 7.06. The second-order valence-electron chi connectivity index (χ2n) is 5.30. The number of nitrogens with zero attached hydrogens (tertiary/aromatic N) is 4. The Labute approximate surface area is 118 Å². The van der Waals surface area contributed by atoms with Crippen molar-refractivity contribution in [1.82, 2.24) is 25.3 Å². The van der Waals surface area contributed by atoms with Crippen LogP contribution in [0.2, 0.25) is 0 Å². The monoisotopic (exact) mass is 269 g/mol. The molecular formula is C15H19N5. The normalized spacial score (nSPS) is 17.8. The maximum absolute atomic E-state index is 4.68. The van der Waals surface area contributed by atoms with Gasteiger partial charge >= 0.3 is 0 Å². The molecule has 0 spiro atoms. The van der Waals surface area contributed by atoms with Crippen molar-refractivity contribution >= 4 is 0 Å². The highest BCUT2D eigenvalue weighted by molar-refractivity contribution is 5.45. The van der Waals surface area contributed by atoms with Gasteiger partial charge in [-0.05, 0) is 57.3 Å². The van der Waals surface area contributed by atoms with Gasteiger partial charge in [0.1, 0.15) is 0 Å². The predicted octanol–water partition coefficient (Wildman–Crippen LogP) is 1.57. The molecule has 1 unspecified atom stereocenters. The van der Waals surface area contributed by atoms with E-state index in [2.05, 4.69) is 32.2 Å². The molecule has 0 radical (unpaired) electrons. The maximum atomic E-state index is 4.68. The Balaban J connectivity index is 1.94. The average Bonchev–Trinajstić information content (AvgIpc) is 2.49. The average molecular weight is 269 g/mol. The third-order valence-corrected chi connectivity index (χ3v) is 3.84. The highest BCUT2D eigenvalue weighted by Gasteiger charge is 2.22. The van der Waals surface area contributed by atoms with Crippen LogP contribution >= 0.6 is 0 Å². The summed E-state index contributed by atoms with van der Waals surface area (Å²) in [5.74, 6) is 1.94. The van der Waals surface area contributed by atoms with Crippen LogP contribution in [0.5, 0.6) is 0 Å². The summed E-state index contributed by atoms with van der Waals surface area (Å²) in [7, 11) is 2.01. The van der Waals surface area contributed by atoms with Crippen LogP contribution in [0.1, 0.15) is 23.4 Å². The van der Waals surface area contributed by atoms with Gasteiger partial charge in [-0.3, -0.25) is 0 Å². The molecule has 20 heavy (non-hydrogen) atoms. The van der Waals surface area contributed by atoms with E-state index in [0.717, 1.165) is 25.1 Å². The fourth-order valence-corrected chi connectivity index (χ4v) is 2.84. The Kier molecular flexibility index (Phi) is 3.69. The molecule has 0 amide bonds. The lowest BCUT2D eigenvalue weighted by atomic mass is 9.86. The molecule has 5 nitrogen and oxygen atoms in total. The lowest BCUT2D eigenvalue weighted by Crippen LogP contribution is -2.26. The molecular weight excluding hydrogens is 250 g/mol. The zero-order valence-electron chi connectivity index (χ0n) is 11.9. The quantitative estimate of drug-likeness (QED) is 0.916. The van der Waals surface area contributed by atoms with Crippen LogP contribution in [-0.2, 0) is 12.8 Å². The molecule has 1 aliphatic carbocycles. The van der Waals surface area contributed by atoms with Crippen molar-refractivity contribution in [3.8, 4) is 11.6 Å². The van der Waals surface area contributed by atoms with E-state index in [9.17, 15) is 0 Å². The summed E-state index contributed by atoms with van der Waals surface area (Å²) in [6.07, 6.45) is 6.72. The molecule has 1 N–H and O–H groups in total. The van der Waals surface area contributed by atoms with Gasteiger partial charge in [0, 0.05) is 23.8 Å². The third kappa shape index (κ3) is 2.54. The standard InChI is InChI=1S/C15H19N5/c1-10-12-8-11(9-16-2)4-5-13(12)20-15(19-10)14-17-6-3-7-18-14/h3,6-7,11,16H,4-5,8-9H2,1-2H3. The molecule has 1 atom stereocenters. The molecule has 2 heterocycles. The van der Waals surface area contributed by atoms with Crippen molar-refractivity contribution in [3.63, 3.8) is 0 Å². The highest BCUT2D eigenvalue weighted by atomic mass is 15.0. The Bertz CT molecular complexity index is 597. The fraction of sp³-hybridized carbons (Fsp3) is 0.467. The first-order valence-corrected chi connectivity index (χ1v) is 7.06. The molecule has 0 fully saturated rings. The number of fused-ring (bicyclic) bond motifs is 1. The summed E-state index contributed by atoms with van der Waals surface area (Å²) in [6.45, 7) is 3.12. The summed E-state index contributed by atoms with van der Waals surface area (Å²) < 4.78 is 0. The lowest BCUT2D eigenvalue weighted by molar-refractivity contribution is 0.433. The van der Waals surface area contributed by atoms with Crippen molar-refractivity contribution in [2.75, 3.05) is 13.6 Å². The number of hydrogen-bond donors (Lipinski definition) is 1. The lowest BCUT2D eigenvalue weighted by Gasteiger charge is -2.25. The minimum Gasteiger partial charge on any atom is -0.319 e. The third-order valence-electron chi connectivity index (χ3n) is 3.84. The van der Waals surface area contributed by atoms with Crippen LogP contribution in [0.3, 0.4) is 0 Å². The van der Waals surface area contributed by atoms with Crippen LogP contribution in [0.4, 0.5) is 0 Å². The van der Waals surface area contributed by atoms with Crippen molar-refractivity contribution in [3.05, 3.63) is 35.4 Å². The molecule has 0 bridgehead atoms. The fourth-order valence-electron chi connectivity index (χ4n) is 2.84. The number of nitrogens with one attached hydrogen (secondary N) is 1. The Morgan fingerprint density at radius 2 is 2.00 bits per heavy atom. The van der Waals surface area contributed by atoms with Gasteiger partial charge in [-0.1, -0.05) is 0 Å². The van der Waals surface area contributed by atoms with Gasteiger partial charge in [0.15, 0.2) is 11.6 Å². The minimum atomic E-state index is 0.607. The van der Waals surface area contributed by atoms with E-state index in [0.29, 0.717) is 17.6 Å².